The van der Waals surface area contributed by atoms with Gasteiger partial charge in [0.05, 0.1) is 6.61 Å². The van der Waals surface area contributed by atoms with Crippen LogP contribution in [0.4, 0.5) is 0 Å². The second kappa shape index (κ2) is 10.5. The van der Waals surface area contributed by atoms with Crippen LogP contribution in [0.25, 0.3) is 0 Å². The summed E-state index contributed by atoms with van der Waals surface area (Å²) in [4.78, 5) is 0. The van der Waals surface area contributed by atoms with Gasteiger partial charge < -0.3 is 4.74 Å². The van der Waals surface area contributed by atoms with Crippen LogP contribution in [-0.2, 0) is 0 Å². The third-order valence-corrected chi connectivity index (χ3v) is 5.77. The summed E-state index contributed by atoms with van der Waals surface area (Å²) in [5.41, 5.74) is 0. The maximum atomic E-state index is 5.88. The Morgan fingerprint density at radius 1 is 0.955 bits per heavy atom. The van der Waals surface area contributed by atoms with Gasteiger partial charge >= 0.3 is 0 Å². The van der Waals surface area contributed by atoms with E-state index < -0.39 is 0 Å². The lowest BCUT2D eigenvalue weighted by Crippen LogP contribution is -2.20. The molecule has 0 aromatic heterocycles. The molecule has 1 aromatic rings. The molecule has 2 rings (SSSR count). The molecular formula is C20H31IO. The van der Waals surface area contributed by atoms with E-state index in [-0.39, 0.29) is 0 Å². The molecule has 124 valence electrons. The van der Waals surface area contributed by atoms with Crippen LogP contribution in [0.2, 0.25) is 0 Å². The summed E-state index contributed by atoms with van der Waals surface area (Å²) in [7, 11) is 0. The molecule has 1 saturated carbocycles. The van der Waals surface area contributed by atoms with Gasteiger partial charge in [0.1, 0.15) is 5.75 Å². The van der Waals surface area contributed by atoms with Gasteiger partial charge in [0.2, 0.25) is 0 Å². The van der Waals surface area contributed by atoms with Crippen molar-refractivity contribution in [3.8, 4) is 5.75 Å². The zero-order chi connectivity index (χ0) is 15.6. The van der Waals surface area contributed by atoms with Crippen molar-refractivity contribution in [1.82, 2.24) is 0 Å². The van der Waals surface area contributed by atoms with E-state index in [0.717, 1.165) is 24.2 Å². The number of hydrogen-bond donors (Lipinski definition) is 0. The summed E-state index contributed by atoms with van der Waals surface area (Å²) in [5.74, 6) is 2.98. The Bertz CT molecular complexity index is 401. The number of hydrogen-bond acceptors (Lipinski definition) is 1. The van der Waals surface area contributed by atoms with Crippen molar-refractivity contribution in [1.29, 1.82) is 0 Å². The molecule has 0 N–H and O–H groups in total. The van der Waals surface area contributed by atoms with Gasteiger partial charge in [0.15, 0.2) is 0 Å². The zero-order valence-electron chi connectivity index (χ0n) is 14.0. The molecule has 2 unspecified atom stereocenters. The Morgan fingerprint density at radius 2 is 1.59 bits per heavy atom. The van der Waals surface area contributed by atoms with Crippen molar-refractivity contribution >= 4 is 22.6 Å². The lowest BCUT2D eigenvalue weighted by Gasteiger charge is -2.31. The van der Waals surface area contributed by atoms with E-state index >= 15 is 0 Å². The first-order chi connectivity index (χ1) is 10.8. The quantitative estimate of drug-likeness (QED) is 0.318. The molecular weight excluding hydrogens is 383 g/mol. The lowest BCUT2D eigenvalue weighted by atomic mass is 9.74. The van der Waals surface area contributed by atoms with Gasteiger partial charge in [-0.2, -0.15) is 0 Å². The highest BCUT2D eigenvalue weighted by Crippen LogP contribution is 2.36. The van der Waals surface area contributed by atoms with E-state index in [2.05, 4.69) is 53.8 Å². The van der Waals surface area contributed by atoms with Gasteiger partial charge in [-0.15, -0.1) is 0 Å². The molecule has 0 heterocycles. The highest BCUT2D eigenvalue weighted by atomic mass is 127. The van der Waals surface area contributed by atoms with Crippen molar-refractivity contribution in [3.63, 3.8) is 0 Å². The minimum absolute atomic E-state index is 0.874. The molecule has 1 aromatic carbocycles. The van der Waals surface area contributed by atoms with Gasteiger partial charge in [-0.3, -0.25) is 0 Å². The molecule has 0 radical (unpaired) electrons. The average molecular weight is 414 g/mol. The van der Waals surface area contributed by atoms with Crippen LogP contribution >= 0.6 is 22.6 Å². The van der Waals surface area contributed by atoms with Gasteiger partial charge in [0, 0.05) is 3.57 Å². The van der Waals surface area contributed by atoms with Crippen LogP contribution in [0.15, 0.2) is 24.3 Å². The number of ether oxygens (including phenoxy) is 1. The minimum atomic E-state index is 0.874. The molecule has 22 heavy (non-hydrogen) atoms. The van der Waals surface area contributed by atoms with E-state index in [1.54, 1.807) is 0 Å². The normalized spacial score (nSPS) is 21.7. The Hall–Kier alpha value is -0.250. The maximum absolute atomic E-state index is 5.88. The molecule has 1 fully saturated rings. The van der Waals surface area contributed by atoms with Crippen LogP contribution in [0.1, 0.15) is 71.1 Å². The summed E-state index contributed by atoms with van der Waals surface area (Å²) >= 11 is 2.33. The SMILES string of the molecule is CCCCCC1CCCCC1CCCOc1ccc(I)cc1. The molecule has 0 aliphatic heterocycles. The third kappa shape index (κ3) is 6.47. The maximum Gasteiger partial charge on any atom is 0.119 e. The number of rotatable bonds is 9. The van der Waals surface area contributed by atoms with Crippen molar-refractivity contribution in [2.75, 3.05) is 6.61 Å². The van der Waals surface area contributed by atoms with Crippen molar-refractivity contribution in [2.45, 2.75) is 71.1 Å². The van der Waals surface area contributed by atoms with Gasteiger partial charge in [-0.1, -0.05) is 58.3 Å². The molecule has 0 spiro atoms. The molecule has 1 nitrogen and oxygen atoms in total. The molecule has 2 atom stereocenters. The second-order valence-electron chi connectivity index (χ2n) is 6.75. The van der Waals surface area contributed by atoms with Crippen molar-refractivity contribution in [3.05, 3.63) is 27.8 Å². The van der Waals surface area contributed by atoms with E-state index in [1.165, 1.54) is 67.8 Å². The Morgan fingerprint density at radius 3 is 2.23 bits per heavy atom. The third-order valence-electron chi connectivity index (χ3n) is 5.05. The van der Waals surface area contributed by atoms with Gasteiger partial charge in [-0.25, -0.2) is 0 Å². The van der Waals surface area contributed by atoms with Gasteiger partial charge in [0.25, 0.3) is 0 Å². The number of halogens is 1. The summed E-state index contributed by atoms with van der Waals surface area (Å²) in [5, 5.41) is 0. The fraction of sp³-hybridized carbons (Fsp3) is 0.700. The fourth-order valence-electron chi connectivity index (χ4n) is 3.77. The highest BCUT2D eigenvalue weighted by Gasteiger charge is 2.24. The molecule has 0 bridgehead atoms. The predicted molar refractivity (Wildman–Crippen MR) is 103 cm³/mol. The molecule has 0 saturated heterocycles. The van der Waals surface area contributed by atoms with Crippen molar-refractivity contribution in [2.24, 2.45) is 11.8 Å². The van der Waals surface area contributed by atoms with E-state index in [9.17, 15) is 0 Å². The summed E-state index contributed by atoms with van der Waals surface area (Å²) in [6.07, 6.45) is 14.1. The fourth-order valence-corrected chi connectivity index (χ4v) is 4.13. The molecule has 2 heteroatoms. The minimum Gasteiger partial charge on any atom is -0.494 e. The Labute approximate surface area is 150 Å². The lowest BCUT2D eigenvalue weighted by molar-refractivity contribution is 0.190. The van der Waals surface area contributed by atoms with Crippen LogP contribution in [-0.4, -0.2) is 6.61 Å². The van der Waals surface area contributed by atoms with E-state index in [4.69, 9.17) is 4.74 Å². The van der Waals surface area contributed by atoms with Crippen LogP contribution in [0, 0.1) is 15.4 Å². The second-order valence-corrected chi connectivity index (χ2v) is 7.99. The smallest absolute Gasteiger partial charge is 0.119 e. The highest BCUT2D eigenvalue weighted by molar-refractivity contribution is 14.1. The average Bonchev–Trinajstić information content (AvgIpc) is 2.55. The Kier molecular flexibility index (Phi) is 8.64. The molecule has 0 amide bonds. The standard InChI is InChI=1S/C20H31IO/c1-2-3-4-8-17-9-5-6-10-18(17)11-7-16-22-20-14-12-19(21)13-15-20/h12-15,17-18H,2-11,16H2,1H3. The first kappa shape index (κ1) is 18.1. The summed E-state index contributed by atoms with van der Waals surface area (Å²) < 4.78 is 7.15. The topological polar surface area (TPSA) is 9.23 Å². The number of unbranched alkanes of at least 4 members (excludes halogenated alkanes) is 2. The first-order valence-corrected chi connectivity index (χ1v) is 10.3. The monoisotopic (exact) mass is 414 g/mol. The van der Waals surface area contributed by atoms with Crippen LogP contribution < -0.4 is 4.74 Å². The Balaban J connectivity index is 1.66. The van der Waals surface area contributed by atoms with Crippen molar-refractivity contribution < 1.29 is 4.74 Å². The predicted octanol–water partition coefficient (Wildman–Crippen LogP) is 6.84. The zero-order valence-corrected chi connectivity index (χ0v) is 16.2. The first-order valence-electron chi connectivity index (χ1n) is 9.18. The van der Waals surface area contributed by atoms with Crippen LogP contribution in [0.3, 0.4) is 0 Å². The summed E-state index contributed by atoms with van der Waals surface area (Å²) in [6.45, 7) is 3.18. The van der Waals surface area contributed by atoms with E-state index in [0.29, 0.717) is 0 Å². The molecule has 1 aliphatic rings. The van der Waals surface area contributed by atoms with Gasteiger partial charge in [-0.05, 0) is 71.5 Å². The number of benzene rings is 1. The largest absolute Gasteiger partial charge is 0.494 e. The van der Waals surface area contributed by atoms with E-state index in [1.807, 2.05) is 0 Å². The van der Waals surface area contributed by atoms with Crippen LogP contribution in [0.5, 0.6) is 5.75 Å². The molecule has 1 aliphatic carbocycles. The summed E-state index contributed by atoms with van der Waals surface area (Å²) in [6, 6.07) is 8.38.